The van der Waals surface area contributed by atoms with Crippen LogP contribution in [0.3, 0.4) is 0 Å². The first-order chi connectivity index (χ1) is 21.0. The SMILES string of the molecule is COc1ccc(C(CNC(=O)c2ccc(Nc3ncc4c(n3)-c3ccc(Cl)cc3NC(=O)C4)cc2)N2CCOCC2)cc1. The van der Waals surface area contributed by atoms with E-state index in [4.69, 9.17) is 26.1 Å². The van der Waals surface area contributed by atoms with Crippen molar-refractivity contribution < 1.29 is 19.1 Å². The molecule has 2 aliphatic heterocycles. The zero-order valence-corrected chi connectivity index (χ0v) is 24.4. The van der Waals surface area contributed by atoms with Gasteiger partial charge in [0.25, 0.3) is 5.91 Å². The zero-order valence-electron chi connectivity index (χ0n) is 23.6. The summed E-state index contributed by atoms with van der Waals surface area (Å²) < 4.78 is 10.9. The van der Waals surface area contributed by atoms with Crippen LogP contribution in [0.4, 0.5) is 17.3 Å². The van der Waals surface area contributed by atoms with E-state index in [1.54, 1.807) is 37.6 Å². The molecule has 1 aromatic heterocycles. The van der Waals surface area contributed by atoms with Crippen LogP contribution in [0, 0.1) is 0 Å². The van der Waals surface area contributed by atoms with Gasteiger partial charge in [-0.25, -0.2) is 9.97 Å². The number of hydrogen-bond acceptors (Lipinski definition) is 8. The fourth-order valence-electron chi connectivity index (χ4n) is 5.32. The number of nitrogens with one attached hydrogen (secondary N) is 3. The highest BCUT2D eigenvalue weighted by molar-refractivity contribution is 6.31. The molecule has 0 saturated carbocycles. The molecular formula is C32H31ClN6O4. The number of fused-ring (bicyclic) bond motifs is 3. The third-order valence-electron chi connectivity index (χ3n) is 7.57. The highest BCUT2D eigenvalue weighted by Crippen LogP contribution is 2.35. The van der Waals surface area contributed by atoms with Crippen LogP contribution in [0.5, 0.6) is 5.75 Å². The molecule has 3 aromatic carbocycles. The van der Waals surface area contributed by atoms with Crippen molar-refractivity contribution in [3.8, 4) is 17.0 Å². The second-order valence-electron chi connectivity index (χ2n) is 10.3. The first-order valence-electron chi connectivity index (χ1n) is 14.0. The minimum Gasteiger partial charge on any atom is -0.497 e. The van der Waals surface area contributed by atoms with Crippen molar-refractivity contribution in [3.05, 3.63) is 94.6 Å². The van der Waals surface area contributed by atoms with E-state index in [0.717, 1.165) is 41.2 Å². The van der Waals surface area contributed by atoms with Gasteiger partial charge in [-0.1, -0.05) is 23.7 Å². The molecular weight excluding hydrogens is 568 g/mol. The quantitative estimate of drug-likeness (QED) is 0.264. The number of ether oxygens (including phenoxy) is 2. The highest BCUT2D eigenvalue weighted by atomic mass is 35.5. The average Bonchev–Trinajstić information content (AvgIpc) is 3.16. The first-order valence-corrected chi connectivity index (χ1v) is 14.4. The lowest BCUT2D eigenvalue weighted by Crippen LogP contribution is -2.43. The third kappa shape index (κ3) is 6.61. The molecule has 2 amide bonds. The van der Waals surface area contributed by atoms with Crippen molar-refractivity contribution >= 4 is 40.7 Å². The second kappa shape index (κ2) is 12.8. The Morgan fingerprint density at radius 2 is 1.86 bits per heavy atom. The Balaban J connectivity index is 1.14. The molecule has 11 heteroatoms. The Labute approximate surface area is 254 Å². The van der Waals surface area contributed by atoms with Crippen LogP contribution in [-0.4, -0.2) is 66.6 Å². The summed E-state index contributed by atoms with van der Waals surface area (Å²) in [5, 5.41) is 9.72. The van der Waals surface area contributed by atoms with E-state index in [0.29, 0.717) is 47.7 Å². The lowest BCUT2D eigenvalue weighted by atomic mass is 10.0. The number of carbonyl (C=O) groups is 2. The van der Waals surface area contributed by atoms with E-state index in [1.807, 2.05) is 42.5 Å². The molecule has 220 valence electrons. The molecule has 1 saturated heterocycles. The molecule has 1 fully saturated rings. The van der Waals surface area contributed by atoms with Gasteiger partial charge in [0.2, 0.25) is 11.9 Å². The van der Waals surface area contributed by atoms with Crippen molar-refractivity contribution in [2.45, 2.75) is 12.5 Å². The third-order valence-corrected chi connectivity index (χ3v) is 7.81. The van der Waals surface area contributed by atoms with Crippen molar-refractivity contribution in [2.75, 3.05) is 50.6 Å². The lowest BCUT2D eigenvalue weighted by Gasteiger charge is -2.35. The van der Waals surface area contributed by atoms with Crippen LogP contribution in [0.25, 0.3) is 11.3 Å². The Kier molecular flexibility index (Phi) is 8.50. The summed E-state index contributed by atoms with van der Waals surface area (Å²) >= 11 is 6.15. The summed E-state index contributed by atoms with van der Waals surface area (Å²) in [5.74, 6) is 0.854. The smallest absolute Gasteiger partial charge is 0.251 e. The van der Waals surface area contributed by atoms with Crippen LogP contribution in [0.15, 0.2) is 72.9 Å². The number of halogens is 1. The van der Waals surface area contributed by atoms with Gasteiger partial charge in [-0.05, 0) is 60.2 Å². The van der Waals surface area contributed by atoms with E-state index >= 15 is 0 Å². The van der Waals surface area contributed by atoms with E-state index in [1.165, 1.54) is 0 Å². The number of carbonyl (C=O) groups excluding carboxylic acids is 2. The maximum Gasteiger partial charge on any atom is 0.251 e. The predicted octanol–water partition coefficient (Wildman–Crippen LogP) is 4.85. The molecule has 1 atom stereocenters. The van der Waals surface area contributed by atoms with Crippen molar-refractivity contribution in [1.82, 2.24) is 20.2 Å². The Bertz CT molecular complexity index is 1620. The van der Waals surface area contributed by atoms with Crippen LogP contribution < -0.4 is 20.7 Å². The lowest BCUT2D eigenvalue weighted by molar-refractivity contribution is -0.115. The summed E-state index contributed by atoms with van der Waals surface area (Å²) in [6, 6.07) is 20.4. The van der Waals surface area contributed by atoms with E-state index in [9.17, 15) is 9.59 Å². The fraction of sp³-hybridized carbons (Fsp3) is 0.250. The molecule has 2 aliphatic rings. The second-order valence-corrected chi connectivity index (χ2v) is 10.8. The Morgan fingerprint density at radius 3 is 2.60 bits per heavy atom. The predicted molar refractivity (Wildman–Crippen MR) is 165 cm³/mol. The van der Waals surface area contributed by atoms with Gasteiger partial charge >= 0.3 is 0 Å². The average molecular weight is 599 g/mol. The number of anilines is 3. The molecule has 0 spiro atoms. The molecule has 6 rings (SSSR count). The van der Waals surface area contributed by atoms with Gasteiger partial charge in [-0.3, -0.25) is 14.5 Å². The number of benzene rings is 3. The van der Waals surface area contributed by atoms with E-state index < -0.39 is 0 Å². The topological polar surface area (TPSA) is 118 Å². The summed E-state index contributed by atoms with van der Waals surface area (Å²) in [4.78, 5) is 37.0. The number of amides is 2. The molecule has 3 N–H and O–H groups in total. The maximum atomic E-state index is 13.1. The van der Waals surface area contributed by atoms with Crippen molar-refractivity contribution in [3.63, 3.8) is 0 Å². The van der Waals surface area contributed by atoms with Gasteiger partial charge in [0.15, 0.2) is 0 Å². The fourth-order valence-corrected chi connectivity index (χ4v) is 5.49. The van der Waals surface area contributed by atoms with Gasteiger partial charge < -0.3 is 25.4 Å². The van der Waals surface area contributed by atoms with Gasteiger partial charge in [-0.15, -0.1) is 0 Å². The van der Waals surface area contributed by atoms with Gasteiger partial charge in [0.1, 0.15) is 5.75 Å². The van der Waals surface area contributed by atoms with Crippen LogP contribution in [0.2, 0.25) is 5.02 Å². The molecule has 1 unspecified atom stereocenters. The number of methoxy groups -OCH3 is 1. The van der Waals surface area contributed by atoms with E-state index in [-0.39, 0.29) is 24.3 Å². The number of morpholine rings is 1. The number of nitrogens with zero attached hydrogens (tertiary/aromatic N) is 3. The number of aromatic nitrogens is 2. The van der Waals surface area contributed by atoms with Gasteiger partial charge in [0.05, 0.1) is 44.2 Å². The van der Waals surface area contributed by atoms with E-state index in [2.05, 4.69) is 25.8 Å². The molecule has 4 aromatic rings. The van der Waals surface area contributed by atoms with Gasteiger partial charge in [-0.2, -0.15) is 0 Å². The largest absolute Gasteiger partial charge is 0.497 e. The molecule has 3 heterocycles. The molecule has 0 radical (unpaired) electrons. The number of hydrogen-bond donors (Lipinski definition) is 3. The zero-order chi connectivity index (χ0) is 29.8. The van der Waals surface area contributed by atoms with Crippen molar-refractivity contribution in [1.29, 1.82) is 0 Å². The monoisotopic (exact) mass is 598 g/mol. The van der Waals surface area contributed by atoms with Crippen LogP contribution in [-0.2, 0) is 16.0 Å². The molecule has 0 bridgehead atoms. The minimum atomic E-state index is -0.160. The Morgan fingerprint density at radius 1 is 1.09 bits per heavy atom. The molecule has 0 aliphatic carbocycles. The summed E-state index contributed by atoms with van der Waals surface area (Å²) in [5.41, 5.74) is 5.13. The number of rotatable bonds is 8. The Hall–Kier alpha value is -4.51. The first kappa shape index (κ1) is 28.6. The summed E-state index contributed by atoms with van der Waals surface area (Å²) in [6.45, 7) is 3.38. The minimum absolute atomic E-state index is 0.0108. The normalized spacial score (nSPS) is 15.3. The molecule has 43 heavy (non-hydrogen) atoms. The summed E-state index contributed by atoms with van der Waals surface area (Å²) in [7, 11) is 1.65. The standard InChI is InChI=1S/C32H31ClN6O4/c1-42-25-9-4-20(5-10-25)28(39-12-14-43-15-13-39)19-34-31(41)21-2-7-24(8-3-21)36-32-35-18-22-16-29(40)37-27-17-23(33)6-11-26(27)30(22)38-32/h2-11,17-18,28H,12-16,19H2,1H3,(H,34,41)(H,37,40)(H,35,36,38). The van der Waals surface area contributed by atoms with Crippen LogP contribution in [0.1, 0.15) is 27.5 Å². The maximum absolute atomic E-state index is 13.1. The summed E-state index contributed by atoms with van der Waals surface area (Å²) in [6.07, 6.45) is 1.82. The van der Waals surface area contributed by atoms with Crippen molar-refractivity contribution in [2.24, 2.45) is 0 Å². The molecule has 10 nitrogen and oxygen atoms in total. The van der Waals surface area contributed by atoms with Gasteiger partial charge in [0, 0.05) is 53.2 Å². The highest BCUT2D eigenvalue weighted by Gasteiger charge is 2.24. The van der Waals surface area contributed by atoms with Crippen LogP contribution >= 0.6 is 11.6 Å².